The van der Waals surface area contributed by atoms with Crippen LogP contribution in [0.15, 0.2) is 18.2 Å². The first kappa shape index (κ1) is 12.0. The lowest BCUT2D eigenvalue weighted by Gasteiger charge is -2.25. The zero-order valence-electron chi connectivity index (χ0n) is 11.3. The Balaban J connectivity index is 1.94. The van der Waals surface area contributed by atoms with Crippen LogP contribution < -0.4 is 16.0 Å². The molecule has 2 aliphatic rings. The van der Waals surface area contributed by atoms with Gasteiger partial charge in [0.15, 0.2) is 0 Å². The Morgan fingerprint density at radius 3 is 2.94 bits per heavy atom. The minimum Gasteiger partial charge on any atom is -0.384 e. The van der Waals surface area contributed by atoms with Crippen molar-refractivity contribution in [2.45, 2.75) is 38.3 Å². The van der Waals surface area contributed by atoms with Crippen molar-refractivity contribution in [3.8, 4) is 0 Å². The van der Waals surface area contributed by atoms with Crippen LogP contribution in [0.2, 0.25) is 0 Å². The maximum absolute atomic E-state index is 3.59. The molecule has 18 heavy (non-hydrogen) atoms. The Hall–Kier alpha value is -1.06. The maximum Gasteiger partial charge on any atom is 0.0383 e. The van der Waals surface area contributed by atoms with Gasteiger partial charge in [0.05, 0.1) is 0 Å². The maximum atomic E-state index is 3.59. The number of hydrogen-bond donors (Lipinski definition) is 3. The molecular formula is C15H23N3. The van der Waals surface area contributed by atoms with E-state index in [2.05, 4.69) is 48.0 Å². The fourth-order valence-corrected chi connectivity index (χ4v) is 3.30. The van der Waals surface area contributed by atoms with E-state index in [-0.39, 0.29) is 0 Å². The zero-order valence-corrected chi connectivity index (χ0v) is 11.3. The Kier molecular flexibility index (Phi) is 3.04. The van der Waals surface area contributed by atoms with E-state index in [0.717, 1.165) is 26.2 Å². The molecule has 1 atom stereocenters. The smallest absolute Gasteiger partial charge is 0.0383 e. The molecule has 3 nitrogen and oxygen atoms in total. The molecule has 1 aromatic rings. The molecular weight excluding hydrogens is 222 g/mol. The molecule has 1 aromatic carbocycles. The summed E-state index contributed by atoms with van der Waals surface area (Å²) in [4.78, 5) is 0. The highest BCUT2D eigenvalue weighted by atomic mass is 15.0. The highest BCUT2D eigenvalue weighted by Crippen LogP contribution is 2.42. The first-order valence-corrected chi connectivity index (χ1v) is 7.02. The monoisotopic (exact) mass is 245 g/mol. The van der Waals surface area contributed by atoms with Crippen LogP contribution in [0.5, 0.6) is 0 Å². The first-order chi connectivity index (χ1) is 8.71. The van der Waals surface area contributed by atoms with E-state index in [0.29, 0.717) is 11.5 Å². The summed E-state index contributed by atoms with van der Waals surface area (Å²) in [5.41, 5.74) is 4.71. The van der Waals surface area contributed by atoms with Gasteiger partial charge in [-0.25, -0.2) is 0 Å². The van der Waals surface area contributed by atoms with E-state index in [1.165, 1.54) is 17.7 Å². The minimum atomic E-state index is 0.338. The lowest BCUT2D eigenvalue weighted by Crippen LogP contribution is -2.33. The molecule has 0 saturated carbocycles. The van der Waals surface area contributed by atoms with E-state index in [4.69, 9.17) is 0 Å². The minimum absolute atomic E-state index is 0.338. The number of hydrogen-bond acceptors (Lipinski definition) is 3. The highest BCUT2D eigenvalue weighted by molar-refractivity contribution is 5.64. The number of benzene rings is 1. The third-order valence-corrected chi connectivity index (χ3v) is 4.24. The van der Waals surface area contributed by atoms with Crippen LogP contribution >= 0.6 is 0 Å². The Morgan fingerprint density at radius 2 is 2.22 bits per heavy atom. The van der Waals surface area contributed by atoms with Gasteiger partial charge in [-0.15, -0.1) is 0 Å². The van der Waals surface area contributed by atoms with Crippen LogP contribution in [-0.4, -0.2) is 25.7 Å². The average molecular weight is 245 g/mol. The Morgan fingerprint density at radius 1 is 1.33 bits per heavy atom. The van der Waals surface area contributed by atoms with Gasteiger partial charge in [-0.05, 0) is 30.2 Å². The van der Waals surface area contributed by atoms with Gasteiger partial charge in [0.1, 0.15) is 0 Å². The van der Waals surface area contributed by atoms with Crippen molar-refractivity contribution in [2.75, 3.05) is 25.0 Å². The number of nitrogens with one attached hydrogen (secondary N) is 3. The standard InChI is InChI=1S/C15H23N3/c1-11(2)17-8-12-4-3-5-13-14(12)15(10-18-13)6-7-16-9-15/h3-5,11,16-18H,6-10H2,1-2H3/t15-/m0/s1. The van der Waals surface area contributed by atoms with Gasteiger partial charge in [0, 0.05) is 36.8 Å². The zero-order chi connectivity index (χ0) is 12.6. The molecule has 0 unspecified atom stereocenters. The van der Waals surface area contributed by atoms with Crippen molar-refractivity contribution in [1.29, 1.82) is 0 Å². The molecule has 2 heterocycles. The second-order valence-electron chi connectivity index (χ2n) is 5.94. The molecule has 2 aliphatic heterocycles. The van der Waals surface area contributed by atoms with E-state index < -0.39 is 0 Å². The van der Waals surface area contributed by atoms with Crippen LogP contribution in [0.4, 0.5) is 5.69 Å². The summed E-state index contributed by atoms with van der Waals surface area (Å²) in [7, 11) is 0. The highest BCUT2D eigenvalue weighted by Gasteiger charge is 2.42. The lowest BCUT2D eigenvalue weighted by atomic mass is 9.79. The van der Waals surface area contributed by atoms with E-state index in [1.807, 2.05) is 0 Å². The molecule has 0 radical (unpaired) electrons. The normalized spacial score (nSPS) is 25.7. The van der Waals surface area contributed by atoms with Crippen LogP contribution in [-0.2, 0) is 12.0 Å². The molecule has 0 aromatic heterocycles. The van der Waals surface area contributed by atoms with Crippen molar-refractivity contribution in [2.24, 2.45) is 0 Å². The van der Waals surface area contributed by atoms with Crippen molar-refractivity contribution in [3.63, 3.8) is 0 Å². The number of rotatable bonds is 3. The van der Waals surface area contributed by atoms with Crippen molar-refractivity contribution in [1.82, 2.24) is 10.6 Å². The molecule has 0 amide bonds. The van der Waals surface area contributed by atoms with Crippen LogP contribution in [0.1, 0.15) is 31.4 Å². The molecule has 3 N–H and O–H groups in total. The van der Waals surface area contributed by atoms with Gasteiger partial charge < -0.3 is 16.0 Å². The Bertz CT molecular complexity index is 433. The van der Waals surface area contributed by atoms with Gasteiger partial charge in [-0.1, -0.05) is 26.0 Å². The summed E-state index contributed by atoms with van der Waals surface area (Å²) in [5.74, 6) is 0. The largest absolute Gasteiger partial charge is 0.384 e. The van der Waals surface area contributed by atoms with Gasteiger partial charge in [-0.2, -0.15) is 0 Å². The quantitative estimate of drug-likeness (QED) is 0.760. The number of anilines is 1. The van der Waals surface area contributed by atoms with Crippen LogP contribution in [0.3, 0.4) is 0 Å². The molecule has 1 fully saturated rings. The van der Waals surface area contributed by atoms with Crippen LogP contribution in [0.25, 0.3) is 0 Å². The fraction of sp³-hybridized carbons (Fsp3) is 0.600. The predicted octanol–water partition coefficient (Wildman–Crippen LogP) is 1.84. The third kappa shape index (κ3) is 1.91. The van der Waals surface area contributed by atoms with Gasteiger partial charge in [-0.3, -0.25) is 0 Å². The second-order valence-corrected chi connectivity index (χ2v) is 5.94. The average Bonchev–Trinajstić information content (AvgIpc) is 2.97. The molecule has 0 bridgehead atoms. The van der Waals surface area contributed by atoms with Gasteiger partial charge in [0.2, 0.25) is 0 Å². The molecule has 1 spiro atoms. The molecule has 1 saturated heterocycles. The topological polar surface area (TPSA) is 36.1 Å². The molecule has 98 valence electrons. The first-order valence-electron chi connectivity index (χ1n) is 7.02. The second kappa shape index (κ2) is 4.56. The van der Waals surface area contributed by atoms with Crippen LogP contribution in [0, 0.1) is 0 Å². The fourth-order valence-electron chi connectivity index (χ4n) is 3.30. The van der Waals surface area contributed by atoms with Crippen molar-refractivity contribution < 1.29 is 0 Å². The molecule has 3 heteroatoms. The summed E-state index contributed by atoms with van der Waals surface area (Å²) in [6.07, 6.45) is 1.26. The summed E-state index contributed by atoms with van der Waals surface area (Å²) in [5, 5.41) is 10.7. The van der Waals surface area contributed by atoms with Gasteiger partial charge >= 0.3 is 0 Å². The van der Waals surface area contributed by atoms with E-state index in [9.17, 15) is 0 Å². The summed E-state index contributed by atoms with van der Waals surface area (Å²) in [6, 6.07) is 7.21. The van der Waals surface area contributed by atoms with Gasteiger partial charge in [0.25, 0.3) is 0 Å². The SMILES string of the molecule is CC(C)NCc1cccc2c1[C@]1(CCNC1)CN2. The molecule has 3 rings (SSSR count). The van der Waals surface area contributed by atoms with Crippen molar-refractivity contribution >= 4 is 5.69 Å². The van der Waals surface area contributed by atoms with E-state index >= 15 is 0 Å². The van der Waals surface area contributed by atoms with E-state index in [1.54, 1.807) is 5.56 Å². The summed E-state index contributed by atoms with van der Waals surface area (Å²) in [6.45, 7) is 8.74. The third-order valence-electron chi connectivity index (χ3n) is 4.24. The number of fused-ring (bicyclic) bond motifs is 2. The van der Waals surface area contributed by atoms with Crippen molar-refractivity contribution in [3.05, 3.63) is 29.3 Å². The molecule has 0 aliphatic carbocycles. The predicted molar refractivity (Wildman–Crippen MR) is 76.1 cm³/mol. The summed E-state index contributed by atoms with van der Waals surface area (Å²) < 4.78 is 0. The summed E-state index contributed by atoms with van der Waals surface area (Å²) >= 11 is 0. The Labute approximate surface area is 109 Å². The lowest BCUT2D eigenvalue weighted by molar-refractivity contribution is 0.509.